The number of hydrogen-bond donors (Lipinski definition) is 2. The highest BCUT2D eigenvalue weighted by atomic mass is 16.5. The van der Waals surface area contributed by atoms with Crippen molar-refractivity contribution in [1.82, 2.24) is 15.2 Å². The summed E-state index contributed by atoms with van der Waals surface area (Å²) in [5.74, 6) is 0.236. The summed E-state index contributed by atoms with van der Waals surface area (Å²) in [5.41, 5.74) is 5.84. The first kappa shape index (κ1) is 11.6. The quantitative estimate of drug-likeness (QED) is 0.714. The first-order valence-corrected chi connectivity index (χ1v) is 4.91. The van der Waals surface area contributed by atoms with Crippen LogP contribution in [0.1, 0.15) is 43.3 Å². The molecule has 0 saturated carbocycles. The van der Waals surface area contributed by atoms with Crippen molar-refractivity contribution < 1.29 is 9.53 Å². The molecule has 84 valence electrons. The number of aromatic amines is 1. The average Bonchev–Trinajstić information content (AvgIpc) is 2.65. The van der Waals surface area contributed by atoms with E-state index < -0.39 is 5.97 Å². The first-order chi connectivity index (χ1) is 7.06. The highest BCUT2D eigenvalue weighted by Gasteiger charge is 2.18. The molecule has 6 nitrogen and oxygen atoms in total. The van der Waals surface area contributed by atoms with Crippen LogP contribution in [0.3, 0.4) is 0 Å². The van der Waals surface area contributed by atoms with E-state index in [-0.39, 0.29) is 17.8 Å². The molecule has 1 heterocycles. The molecule has 0 fully saturated rings. The van der Waals surface area contributed by atoms with Gasteiger partial charge in [-0.3, -0.25) is 5.10 Å². The number of nitrogens with two attached hydrogens (primary N) is 1. The molecule has 0 aliphatic rings. The second kappa shape index (κ2) is 4.88. The van der Waals surface area contributed by atoms with Crippen molar-refractivity contribution in [3.63, 3.8) is 0 Å². The van der Waals surface area contributed by atoms with Gasteiger partial charge in [-0.1, -0.05) is 13.8 Å². The fraction of sp³-hybridized carbons (Fsp3) is 0.667. The molecule has 6 heteroatoms. The maximum atomic E-state index is 11.2. The Balaban J connectivity index is 2.76. The van der Waals surface area contributed by atoms with Crippen molar-refractivity contribution in [3.05, 3.63) is 11.6 Å². The maximum Gasteiger partial charge on any atom is 0.378 e. The van der Waals surface area contributed by atoms with Crippen LogP contribution in [0.2, 0.25) is 0 Å². The number of nitrogens with zero attached hydrogens (tertiary/aromatic N) is 2. The Hall–Kier alpha value is -1.43. The Kier molecular flexibility index (Phi) is 3.79. The van der Waals surface area contributed by atoms with E-state index in [4.69, 9.17) is 10.5 Å². The summed E-state index contributed by atoms with van der Waals surface area (Å²) in [6.45, 7) is 5.97. The van der Waals surface area contributed by atoms with Crippen molar-refractivity contribution in [2.45, 2.75) is 26.8 Å². The smallest absolute Gasteiger partial charge is 0.378 e. The van der Waals surface area contributed by atoms with Crippen molar-refractivity contribution in [1.29, 1.82) is 0 Å². The van der Waals surface area contributed by atoms with E-state index in [1.807, 2.05) is 13.8 Å². The first-order valence-electron chi connectivity index (χ1n) is 4.91. The molecule has 0 aliphatic carbocycles. The molecule has 1 atom stereocenters. The van der Waals surface area contributed by atoms with Gasteiger partial charge in [-0.15, -0.1) is 5.10 Å². The number of aromatic nitrogens is 3. The third-order valence-electron chi connectivity index (χ3n) is 1.99. The number of rotatable bonds is 4. The topological polar surface area (TPSA) is 93.9 Å². The molecule has 1 rings (SSSR count). The minimum absolute atomic E-state index is 0.0305. The van der Waals surface area contributed by atoms with Gasteiger partial charge in [0, 0.05) is 0 Å². The molecule has 0 aliphatic heterocycles. The Morgan fingerprint density at radius 3 is 2.80 bits per heavy atom. The zero-order valence-corrected chi connectivity index (χ0v) is 9.15. The van der Waals surface area contributed by atoms with Crippen LogP contribution >= 0.6 is 0 Å². The van der Waals surface area contributed by atoms with Gasteiger partial charge in [-0.2, -0.15) is 0 Å². The van der Waals surface area contributed by atoms with Crippen molar-refractivity contribution in [2.75, 3.05) is 6.61 Å². The summed E-state index contributed by atoms with van der Waals surface area (Å²) in [7, 11) is 0. The number of carbonyl (C=O) groups excluding carboxylic acids is 1. The minimum Gasteiger partial charge on any atom is -0.460 e. The highest BCUT2D eigenvalue weighted by molar-refractivity contribution is 5.84. The number of nitrogens with one attached hydrogen (secondary N) is 1. The van der Waals surface area contributed by atoms with E-state index in [2.05, 4.69) is 15.2 Å². The van der Waals surface area contributed by atoms with E-state index in [0.29, 0.717) is 12.4 Å². The van der Waals surface area contributed by atoms with Gasteiger partial charge in [0.1, 0.15) is 5.82 Å². The van der Waals surface area contributed by atoms with Crippen LogP contribution in [0.4, 0.5) is 0 Å². The Morgan fingerprint density at radius 2 is 2.27 bits per heavy atom. The summed E-state index contributed by atoms with van der Waals surface area (Å²) in [6, 6.07) is -0.249. The van der Waals surface area contributed by atoms with Gasteiger partial charge in [0.2, 0.25) is 0 Å². The SMILES string of the molecule is CCOC(=O)c1n[nH]c([C@@H](N)C(C)C)n1. The summed E-state index contributed by atoms with van der Waals surface area (Å²) in [4.78, 5) is 15.2. The van der Waals surface area contributed by atoms with Gasteiger partial charge in [0.15, 0.2) is 0 Å². The summed E-state index contributed by atoms with van der Waals surface area (Å²) >= 11 is 0. The van der Waals surface area contributed by atoms with Gasteiger partial charge >= 0.3 is 5.97 Å². The van der Waals surface area contributed by atoms with E-state index in [1.54, 1.807) is 6.92 Å². The second-order valence-corrected chi connectivity index (χ2v) is 3.53. The maximum absolute atomic E-state index is 11.2. The van der Waals surface area contributed by atoms with Crippen LogP contribution in [0, 0.1) is 5.92 Å². The van der Waals surface area contributed by atoms with E-state index >= 15 is 0 Å². The van der Waals surface area contributed by atoms with Gasteiger partial charge in [-0.25, -0.2) is 9.78 Å². The number of esters is 1. The molecular weight excluding hydrogens is 196 g/mol. The molecule has 0 radical (unpaired) electrons. The van der Waals surface area contributed by atoms with Crippen LogP contribution in [0.15, 0.2) is 0 Å². The van der Waals surface area contributed by atoms with Crippen LogP contribution in [0.25, 0.3) is 0 Å². The molecule has 1 aromatic rings. The van der Waals surface area contributed by atoms with E-state index in [1.165, 1.54) is 0 Å². The molecule has 3 N–H and O–H groups in total. The Morgan fingerprint density at radius 1 is 1.60 bits per heavy atom. The Bertz CT molecular complexity index is 335. The minimum atomic E-state index is -0.532. The van der Waals surface area contributed by atoms with Crippen LogP contribution in [0.5, 0.6) is 0 Å². The van der Waals surface area contributed by atoms with Crippen LogP contribution in [-0.2, 0) is 4.74 Å². The summed E-state index contributed by atoms with van der Waals surface area (Å²) < 4.78 is 4.76. The standard InChI is InChI=1S/C9H16N4O2/c1-4-15-9(14)8-11-7(12-13-8)6(10)5(2)3/h5-6H,4,10H2,1-3H3,(H,11,12,13)/t6-/m0/s1. The predicted octanol–water partition coefficient (Wildman–Crippen LogP) is 0.637. The van der Waals surface area contributed by atoms with Crippen molar-refractivity contribution in [2.24, 2.45) is 11.7 Å². The number of hydrogen-bond acceptors (Lipinski definition) is 5. The molecule has 0 unspecified atom stereocenters. The zero-order valence-electron chi connectivity index (χ0n) is 9.15. The number of H-pyrrole nitrogens is 1. The number of ether oxygens (including phenoxy) is 1. The molecule has 0 spiro atoms. The summed E-state index contributed by atoms with van der Waals surface area (Å²) in [6.07, 6.45) is 0. The third-order valence-corrected chi connectivity index (χ3v) is 1.99. The largest absolute Gasteiger partial charge is 0.460 e. The van der Waals surface area contributed by atoms with Crippen molar-refractivity contribution >= 4 is 5.97 Å². The molecule has 15 heavy (non-hydrogen) atoms. The normalized spacial score (nSPS) is 12.9. The monoisotopic (exact) mass is 212 g/mol. The van der Waals surface area contributed by atoms with Crippen molar-refractivity contribution in [3.8, 4) is 0 Å². The Labute approximate surface area is 88.2 Å². The van der Waals surface area contributed by atoms with E-state index in [9.17, 15) is 4.79 Å². The average molecular weight is 212 g/mol. The number of carbonyl (C=O) groups is 1. The lowest BCUT2D eigenvalue weighted by atomic mass is 10.1. The van der Waals surface area contributed by atoms with Crippen LogP contribution in [-0.4, -0.2) is 27.8 Å². The second-order valence-electron chi connectivity index (χ2n) is 3.53. The molecule has 0 saturated heterocycles. The van der Waals surface area contributed by atoms with Gasteiger partial charge in [0.05, 0.1) is 12.6 Å². The third kappa shape index (κ3) is 2.76. The summed E-state index contributed by atoms with van der Waals surface area (Å²) in [5, 5.41) is 6.39. The lowest BCUT2D eigenvalue weighted by Crippen LogP contribution is -2.18. The lowest BCUT2D eigenvalue weighted by molar-refractivity contribution is 0.0512. The fourth-order valence-corrected chi connectivity index (χ4v) is 1.03. The van der Waals surface area contributed by atoms with Crippen LogP contribution < -0.4 is 5.73 Å². The fourth-order valence-electron chi connectivity index (χ4n) is 1.03. The van der Waals surface area contributed by atoms with Gasteiger partial charge in [-0.05, 0) is 12.8 Å². The molecule has 0 bridgehead atoms. The highest BCUT2D eigenvalue weighted by Crippen LogP contribution is 2.14. The zero-order chi connectivity index (χ0) is 11.4. The molecular formula is C9H16N4O2. The van der Waals surface area contributed by atoms with Gasteiger partial charge < -0.3 is 10.5 Å². The predicted molar refractivity (Wildman–Crippen MR) is 54.1 cm³/mol. The molecule has 0 amide bonds. The van der Waals surface area contributed by atoms with E-state index in [0.717, 1.165) is 0 Å². The van der Waals surface area contributed by atoms with Gasteiger partial charge in [0.25, 0.3) is 5.82 Å². The molecule has 1 aromatic heterocycles. The molecule has 0 aromatic carbocycles. The lowest BCUT2D eigenvalue weighted by Gasteiger charge is -2.10.